The molecule has 0 radical (unpaired) electrons. The molecule has 0 spiro atoms. The predicted molar refractivity (Wildman–Crippen MR) is 110 cm³/mol. The molecular formula is C19H26N4O2S2. The van der Waals surface area contributed by atoms with Crippen LogP contribution >= 0.6 is 23.1 Å². The van der Waals surface area contributed by atoms with E-state index in [2.05, 4.69) is 36.2 Å². The highest BCUT2D eigenvalue weighted by molar-refractivity contribution is 8.01. The number of piperazine rings is 1. The molecule has 6 nitrogen and oxygen atoms in total. The van der Waals surface area contributed by atoms with Crippen LogP contribution in [0, 0.1) is 5.92 Å². The Morgan fingerprint density at radius 1 is 1.22 bits per heavy atom. The molecule has 8 heteroatoms. The molecular weight excluding hydrogens is 380 g/mol. The van der Waals surface area contributed by atoms with Gasteiger partial charge in [0.15, 0.2) is 5.78 Å². The van der Waals surface area contributed by atoms with Gasteiger partial charge in [-0.05, 0) is 33.8 Å². The van der Waals surface area contributed by atoms with E-state index in [1.807, 2.05) is 11.0 Å². The van der Waals surface area contributed by atoms with Crippen LogP contribution in [-0.4, -0.2) is 64.7 Å². The minimum Gasteiger partial charge on any atom is -0.335 e. The van der Waals surface area contributed by atoms with Crippen molar-refractivity contribution >= 4 is 40.5 Å². The maximum atomic E-state index is 13.1. The Bertz CT molecular complexity index is 803. The number of hydrogen-bond acceptors (Lipinski definition) is 7. The molecule has 1 aromatic rings. The fourth-order valence-corrected chi connectivity index (χ4v) is 6.51. The zero-order valence-electron chi connectivity index (χ0n) is 16.2. The number of carbonyl (C=O) groups excluding carboxylic acids is 2. The Kier molecular flexibility index (Phi) is 4.84. The van der Waals surface area contributed by atoms with Gasteiger partial charge in [0.05, 0.1) is 15.1 Å². The fraction of sp³-hybridized carbons (Fsp3) is 0.632. The van der Waals surface area contributed by atoms with Crippen molar-refractivity contribution in [3.05, 3.63) is 16.5 Å². The van der Waals surface area contributed by atoms with Crippen LogP contribution in [0.2, 0.25) is 0 Å². The number of thioether (sulfide) groups is 1. The molecule has 1 aromatic heterocycles. The van der Waals surface area contributed by atoms with E-state index in [9.17, 15) is 9.59 Å². The summed E-state index contributed by atoms with van der Waals surface area (Å²) in [6.45, 7) is 11.5. The molecule has 4 rings (SSSR count). The third kappa shape index (κ3) is 3.43. The van der Waals surface area contributed by atoms with Crippen molar-refractivity contribution in [3.63, 3.8) is 0 Å². The van der Waals surface area contributed by atoms with Crippen LogP contribution in [0.25, 0.3) is 0 Å². The lowest BCUT2D eigenvalue weighted by atomic mass is 9.92. The lowest BCUT2D eigenvalue weighted by Crippen LogP contribution is -2.56. The fourth-order valence-electron chi connectivity index (χ4n) is 3.94. The maximum absolute atomic E-state index is 13.1. The van der Waals surface area contributed by atoms with Crippen molar-refractivity contribution in [2.75, 3.05) is 31.9 Å². The summed E-state index contributed by atoms with van der Waals surface area (Å²) in [6.07, 6.45) is 0. The van der Waals surface area contributed by atoms with E-state index < -0.39 is 0 Å². The molecule has 0 bridgehead atoms. The van der Waals surface area contributed by atoms with E-state index in [4.69, 9.17) is 0 Å². The molecule has 146 valence electrons. The normalized spacial score (nSPS) is 25.5. The van der Waals surface area contributed by atoms with Crippen LogP contribution in [0.1, 0.15) is 49.0 Å². The van der Waals surface area contributed by atoms with Gasteiger partial charge in [-0.1, -0.05) is 0 Å². The Labute approximate surface area is 168 Å². The SMILES string of the molecule is CC(=O)c1cc2c(s1)SCC1C(C(=O)N3CCN(C(C)(C)C)CC3)=NNC21. The van der Waals surface area contributed by atoms with Crippen molar-refractivity contribution in [3.8, 4) is 0 Å². The smallest absolute Gasteiger partial charge is 0.270 e. The van der Waals surface area contributed by atoms with E-state index >= 15 is 0 Å². The summed E-state index contributed by atoms with van der Waals surface area (Å²) >= 11 is 3.30. The van der Waals surface area contributed by atoms with Crippen molar-refractivity contribution in [2.45, 2.75) is 43.5 Å². The van der Waals surface area contributed by atoms with E-state index in [0.29, 0.717) is 5.71 Å². The molecule has 1 fully saturated rings. The average molecular weight is 407 g/mol. The number of rotatable bonds is 2. The summed E-state index contributed by atoms with van der Waals surface area (Å²) in [5, 5.41) is 4.44. The average Bonchev–Trinajstić information content (AvgIpc) is 3.24. The van der Waals surface area contributed by atoms with Gasteiger partial charge >= 0.3 is 0 Å². The Morgan fingerprint density at radius 3 is 2.56 bits per heavy atom. The van der Waals surface area contributed by atoms with Crippen molar-refractivity contribution < 1.29 is 9.59 Å². The van der Waals surface area contributed by atoms with Gasteiger partial charge in [0.1, 0.15) is 5.71 Å². The number of hydrazone groups is 1. The second-order valence-electron chi connectivity index (χ2n) is 8.38. The largest absolute Gasteiger partial charge is 0.335 e. The summed E-state index contributed by atoms with van der Waals surface area (Å²) in [7, 11) is 0. The second-order valence-corrected chi connectivity index (χ2v) is 10.7. The van der Waals surface area contributed by atoms with Crippen molar-refractivity contribution in [2.24, 2.45) is 11.0 Å². The van der Waals surface area contributed by atoms with E-state index in [1.165, 1.54) is 4.21 Å². The Hall–Kier alpha value is -1.38. The molecule has 27 heavy (non-hydrogen) atoms. The monoisotopic (exact) mass is 406 g/mol. The summed E-state index contributed by atoms with van der Waals surface area (Å²) in [6, 6.07) is 1.99. The standard InChI is InChI=1S/C19H26N4O2S2/c1-11(24)14-9-12-15-13(10-26-18(12)27-14)16(21-20-15)17(25)22-5-7-23(8-6-22)19(2,3)4/h9,13,15,20H,5-8,10H2,1-4H3. The third-order valence-corrected chi connectivity index (χ3v) is 8.29. The van der Waals surface area contributed by atoms with Gasteiger partial charge in [0.2, 0.25) is 0 Å². The minimum absolute atomic E-state index is 0.0143. The molecule has 4 heterocycles. The van der Waals surface area contributed by atoms with Gasteiger partial charge in [-0.2, -0.15) is 5.10 Å². The number of nitrogens with zero attached hydrogens (tertiary/aromatic N) is 3. The summed E-state index contributed by atoms with van der Waals surface area (Å²) in [4.78, 5) is 30.0. The lowest BCUT2D eigenvalue weighted by molar-refractivity contribution is -0.126. The lowest BCUT2D eigenvalue weighted by Gasteiger charge is -2.42. The minimum atomic E-state index is 0.0143. The molecule has 3 aliphatic rings. The van der Waals surface area contributed by atoms with E-state index in [0.717, 1.165) is 42.4 Å². The van der Waals surface area contributed by atoms with Gasteiger partial charge in [0, 0.05) is 49.0 Å². The maximum Gasteiger partial charge on any atom is 0.270 e. The highest BCUT2D eigenvalue weighted by atomic mass is 32.2. The number of nitrogens with one attached hydrogen (secondary N) is 1. The number of amides is 1. The van der Waals surface area contributed by atoms with Crippen molar-refractivity contribution in [1.82, 2.24) is 15.2 Å². The topological polar surface area (TPSA) is 65.0 Å². The van der Waals surface area contributed by atoms with Crippen LogP contribution in [0.15, 0.2) is 15.4 Å². The highest BCUT2D eigenvalue weighted by Crippen LogP contribution is 2.46. The van der Waals surface area contributed by atoms with E-state index in [-0.39, 0.29) is 29.2 Å². The van der Waals surface area contributed by atoms with Crippen LogP contribution in [-0.2, 0) is 4.79 Å². The number of Topliss-reactive ketones (excluding diaryl/α,β-unsaturated/α-hetero) is 1. The Balaban J connectivity index is 1.46. The zero-order chi connectivity index (χ0) is 19.3. The summed E-state index contributed by atoms with van der Waals surface area (Å²) < 4.78 is 1.18. The molecule has 0 aliphatic carbocycles. The molecule has 3 aliphatic heterocycles. The van der Waals surface area contributed by atoms with Crippen LogP contribution in [0.4, 0.5) is 0 Å². The molecule has 1 N–H and O–H groups in total. The Morgan fingerprint density at radius 2 is 1.93 bits per heavy atom. The first-order chi connectivity index (χ1) is 12.8. The molecule has 1 amide bonds. The molecule has 1 saturated heterocycles. The number of carbonyl (C=O) groups is 2. The molecule has 0 saturated carbocycles. The molecule has 2 atom stereocenters. The number of ketones is 1. The summed E-state index contributed by atoms with van der Waals surface area (Å²) in [5.74, 6) is 1.06. The van der Waals surface area contributed by atoms with Gasteiger partial charge in [-0.15, -0.1) is 23.1 Å². The first-order valence-electron chi connectivity index (χ1n) is 9.40. The van der Waals surface area contributed by atoms with Crippen LogP contribution in [0.5, 0.6) is 0 Å². The number of fused-ring (bicyclic) bond motifs is 3. The molecule has 2 unspecified atom stereocenters. The van der Waals surface area contributed by atoms with Gasteiger partial charge in [-0.25, -0.2) is 0 Å². The first-order valence-corrected chi connectivity index (χ1v) is 11.2. The zero-order valence-corrected chi connectivity index (χ0v) is 17.9. The van der Waals surface area contributed by atoms with Crippen molar-refractivity contribution in [1.29, 1.82) is 0 Å². The van der Waals surface area contributed by atoms with Gasteiger partial charge in [0.25, 0.3) is 5.91 Å². The van der Waals surface area contributed by atoms with Crippen LogP contribution in [0.3, 0.4) is 0 Å². The quantitative estimate of drug-likeness (QED) is 0.765. The summed E-state index contributed by atoms with van der Waals surface area (Å²) in [5.41, 5.74) is 5.09. The third-order valence-electron chi connectivity index (χ3n) is 5.61. The second kappa shape index (κ2) is 6.90. The number of thiophene rings is 1. The highest BCUT2D eigenvalue weighted by Gasteiger charge is 2.43. The van der Waals surface area contributed by atoms with Crippen LogP contribution < -0.4 is 5.43 Å². The van der Waals surface area contributed by atoms with Gasteiger partial charge in [-0.3, -0.25) is 14.5 Å². The van der Waals surface area contributed by atoms with E-state index in [1.54, 1.807) is 30.0 Å². The number of hydrogen-bond donors (Lipinski definition) is 1. The molecule has 0 aromatic carbocycles. The first kappa shape index (κ1) is 19.0. The van der Waals surface area contributed by atoms with Gasteiger partial charge < -0.3 is 10.3 Å². The predicted octanol–water partition coefficient (Wildman–Crippen LogP) is 2.62.